The molecule has 4 nitrogen and oxygen atoms in total. The lowest BCUT2D eigenvalue weighted by Crippen LogP contribution is -2.37. The van der Waals surface area contributed by atoms with Crippen molar-refractivity contribution in [1.82, 2.24) is 10.2 Å². The smallest absolute Gasteiger partial charge is 0.225 e. The fraction of sp³-hybridized carbons (Fsp3) is 0.778. The van der Waals surface area contributed by atoms with Gasteiger partial charge in [0.15, 0.2) is 0 Å². The Kier molecular flexibility index (Phi) is 5.16. The zero-order valence-electron chi connectivity index (χ0n) is 13.5. The van der Waals surface area contributed by atoms with Crippen molar-refractivity contribution >= 4 is 11.8 Å². The third-order valence-electron chi connectivity index (χ3n) is 5.43. The molecule has 0 radical (unpaired) electrons. The van der Waals surface area contributed by atoms with Gasteiger partial charge in [-0.3, -0.25) is 9.59 Å². The second-order valence-corrected chi connectivity index (χ2v) is 7.03. The molecular formula is C18H28N2O2. The summed E-state index contributed by atoms with van der Waals surface area (Å²) in [6.45, 7) is 1.36. The topological polar surface area (TPSA) is 49.4 Å². The Hall–Kier alpha value is -1.32. The predicted octanol–water partition coefficient (Wildman–Crippen LogP) is 2.78. The number of hydrogen-bond donors (Lipinski definition) is 1. The van der Waals surface area contributed by atoms with Crippen LogP contribution in [0, 0.1) is 5.92 Å². The molecule has 0 spiro atoms. The number of carbonyl (C=O) groups is 2. The lowest BCUT2D eigenvalue weighted by atomic mass is 9.97. The van der Waals surface area contributed by atoms with E-state index in [2.05, 4.69) is 11.4 Å². The summed E-state index contributed by atoms with van der Waals surface area (Å²) in [6, 6.07) is 0.401. The molecule has 1 atom stereocenters. The van der Waals surface area contributed by atoms with E-state index in [-0.39, 0.29) is 17.7 Å². The van der Waals surface area contributed by atoms with Gasteiger partial charge in [0.2, 0.25) is 11.8 Å². The minimum absolute atomic E-state index is 0.0743. The molecule has 3 rings (SSSR count). The zero-order valence-corrected chi connectivity index (χ0v) is 13.5. The lowest BCUT2D eigenvalue weighted by Gasteiger charge is -2.23. The van der Waals surface area contributed by atoms with E-state index in [0.29, 0.717) is 19.0 Å². The molecule has 22 heavy (non-hydrogen) atoms. The predicted molar refractivity (Wildman–Crippen MR) is 86.3 cm³/mol. The average molecular weight is 304 g/mol. The quantitative estimate of drug-likeness (QED) is 0.794. The third kappa shape index (κ3) is 3.71. The minimum Gasteiger partial charge on any atom is -0.355 e. The number of likely N-dealkylation sites (tertiary alicyclic amines) is 1. The molecule has 3 aliphatic rings. The fourth-order valence-corrected chi connectivity index (χ4v) is 4.10. The van der Waals surface area contributed by atoms with Crippen LogP contribution in [0.15, 0.2) is 11.6 Å². The van der Waals surface area contributed by atoms with Crippen LogP contribution in [0.2, 0.25) is 0 Å². The van der Waals surface area contributed by atoms with Crippen LogP contribution in [-0.2, 0) is 9.59 Å². The highest BCUT2D eigenvalue weighted by molar-refractivity contribution is 5.89. The number of carbonyl (C=O) groups excluding carboxylic acids is 2. The Morgan fingerprint density at radius 3 is 2.77 bits per heavy atom. The summed E-state index contributed by atoms with van der Waals surface area (Å²) in [7, 11) is 0. The van der Waals surface area contributed by atoms with Crippen LogP contribution in [0.25, 0.3) is 0 Å². The van der Waals surface area contributed by atoms with Gasteiger partial charge in [-0.05, 0) is 44.9 Å². The van der Waals surface area contributed by atoms with E-state index >= 15 is 0 Å². The third-order valence-corrected chi connectivity index (χ3v) is 5.43. The van der Waals surface area contributed by atoms with E-state index in [1.54, 1.807) is 0 Å². The van der Waals surface area contributed by atoms with Gasteiger partial charge < -0.3 is 10.2 Å². The summed E-state index contributed by atoms with van der Waals surface area (Å²) in [5, 5.41) is 3.04. The van der Waals surface area contributed by atoms with E-state index in [4.69, 9.17) is 0 Å². The van der Waals surface area contributed by atoms with E-state index in [9.17, 15) is 9.59 Å². The van der Waals surface area contributed by atoms with Crippen LogP contribution in [0.3, 0.4) is 0 Å². The first kappa shape index (κ1) is 15.6. The largest absolute Gasteiger partial charge is 0.355 e. The Labute approximate surface area is 133 Å². The van der Waals surface area contributed by atoms with Gasteiger partial charge in [-0.25, -0.2) is 0 Å². The van der Waals surface area contributed by atoms with Gasteiger partial charge in [0.05, 0.1) is 5.92 Å². The van der Waals surface area contributed by atoms with Gasteiger partial charge >= 0.3 is 0 Å². The highest BCUT2D eigenvalue weighted by Crippen LogP contribution is 2.29. The zero-order chi connectivity index (χ0) is 15.4. The van der Waals surface area contributed by atoms with Gasteiger partial charge in [-0.2, -0.15) is 0 Å². The SMILES string of the molecule is O=C(NCCC1=CCCCC1)[C@H]1CC(=O)N(C2CCCC2)C1. The molecule has 0 aromatic heterocycles. The van der Waals surface area contributed by atoms with E-state index in [0.717, 1.165) is 25.8 Å². The van der Waals surface area contributed by atoms with Crippen molar-refractivity contribution in [2.75, 3.05) is 13.1 Å². The highest BCUT2D eigenvalue weighted by atomic mass is 16.2. The molecule has 1 heterocycles. The van der Waals surface area contributed by atoms with Crippen molar-refractivity contribution in [3.63, 3.8) is 0 Å². The van der Waals surface area contributed by atoms with Gasteiger partial charge in [0.1, 0.15) is 0 Å². The Morgan fingerprint density at radius 2 is 2.05 bits per heavy atom. The second kappa shape index (κ2) is 7.30. The van der Waals surface area contributed by atoms with Crippen LogP contribution >= 0.6 is 0 Å². The molecular weight excluding hydrogens is 276 g/mol. The first-order chi connectivity index (χ1) is 10.7. The summed E-state index contributed by atoms with van der Waals surface area (Å²) in [6.07, 6.45) is 13.4. The number of hydrogen-bond acceptors (Lipinski definition) is 2. The van der Waals surface area contributed by atoms with Gasteiger partial charge in [0, 0.05) is 25.6 Å². The molecule has 0 bridgehead atoms. The maximum atomic E-state index is 12.3. The molecule has 1 saturated carbocycles. The van der Waals surface area contributed by atoms with Crippen molar-refractivity contribution < 1.29 is 9.59 Å². The van der Waals surface area contributed by atoms with Crippen LogP contribution in [-0.4, -0.2) is 35.8 Å². The summed E-state index contributed by atoms with van der Waals surface area (Å²) >= 11 is 0. The van der Waals surface area contributed by atoms with Crippen molar-refractivity contribution in [1.29, 1.82) is 0 Å². The molecule has 1 saturated heterocycles. The molecule has 122 valence electrons. The van der Waals surface area contributed by atoms with Crippen LogP contribution in [0.1, 0.15) is 64.2 Å². The fourth-order valence-electron chi connectivity index (χ4n) is 4.10. The van der Waals surface area contributed by atoms with Crippen LogP contribution < -0.4 is 5.32 Å². The number of rotatable bonds is 5. The van der Waals surface area contributed by atoms with E-state index < -0.39 is 0 Å². The Morgan fingerprint density at radius 1 is 1.23 bits per heavy atom. The van der Waals surface area contributed by atoms with E-state index in [1.165, 1.54) is 44.1 Å². The Balaban J connectivity index is 1.42. The van der Waals surface area contributed by atoms with Gasteiger partial charge in [0.25, 0.3) is 0 Å². The maximum Gasteiger partial charge on any atom is 0.225 e. The first-order valence-corrected chi connectivity index (χ1v) is 8.99. The molecule has 0 aromatic rings. The average Bonchev–Trinajstić information content (AvgIpc) is 3.17. The number of nitrogens with zero attached hydrogens (tertiary/aromatic N) is 1. The molecule has 0 unspecified atom stereocenters. The highest BCUT2D eigenvalue weighted by Gasteiger charge is 2.38. The lowest BCUT2D eigenvalue weighted by molar-refractivity contribution is -0.130. The van der Waals surface area contributed by atoms with Crippen molar-refractivity contribution in [3.05, 3.63) is 11.6 Å². The summed E-state index contributed by atoms with van der Waals surface area (Å²) in [5.41, 5.74) is 1.49. The van der Waals surface area contributed by atoms with Gasteiger partial charge in [-0.15, -0.1) is 0 Å². The first-order valence-electron chi connectivity index (χ1n) is 8.99. The molecule has 4 heteroatoms. The normalized spacial score (nSPS) is 26.4. The maximum absolute atomic E-state index is 12.3. The Bertz CT molecular complexity index is 452. The standard InChI is InChI=1S/C18H28N2O2/c21-17-12-15(13-20(17)16-8-4-5-9-16)18(22)19-11-10-14-6-2-1-3-7-14/h6,15-16H,1-5,7-13H2,(H,19,22)/t15-/m0/s1. The van der Waals surface area contributed by atoms with Crippen LogP contribution in [0.5, 0.6) is 0 Å². The minimum atomic E-state index is -0.131. The van der Waals surface area contributed by atoms with Gasteiger partial charge in [-0.1, -0.05) is 24.5 Å². The molecule has 2 aliphatic carbocycles. The number of allylic oxidation sites excluding steroid dienone is 1. The molecule has 1 N–H and O–H groups in total. The van der Waals surface area contributed by atoms with Crippen molar-refractivity contribution in [3.8, 4) is 0 Å². The summed E-state index contributed by atoms with van der Waals surface area (Å²) in [5.74, 6) is 0.126. The van der Waals surface area contributed by atoms with Crippen LogP contribution in [0.4, 0.5) is 0 Å². The van der Waals surface area contributed by atoms with Crippen molar-refractivity contribution in [2.24, 2.45) is 5.92 Å². The van der Waals surface area contributed by atoms with E-state index in [1.807, 2.05) is 4.90 Å². The molecule has 2 amide bonds. The summed E-state index contributed by atoms with van der Waals surface area (Å²) in [4.78, 5) is 26.4. The number of amides is 2. The second-order valence-electron chi connectivity index (χ2n) is 7.03. The monoisotopic (exact) mass is 304 g/mol. The number of nitrogens with one attached hydrogen (secondary N) is 1. The molecule has 2 fully saturated rings. The molecule has 0 aromatic carbocycles. The molecule has 1 aliphatic heterocycles. The summed E-state index contributed by atoms with van der Waals surface area (Å²) < 4.78 is 0. The van der Waals surface area contributed by atoms with Crippen molar-refractivity contribution in [2.45, 2.75) is 70.3 Å².